The molecule has 1 aromatic rings. The van der Waals surface area contributed by atoms with Crippen LogP contribution in [0, 0.1) is 0 Å². The van der Waals surface area contributed by atoms with E-state index in [4.69, 9.17) is 9.52 Å². The van der Waals surface area contributed by atoms with E-state index in [0.717, 1.165) is 12.2 Å². The van der Waals surface area contributed by atoms with Crippen molar-refractivity contribution < 1.29 is 14.3 Å². The number of carboxylic acid groups (broad SMARTS) is 1. The molecule has 1 heterocycles. The molecule has 0 aliphatic rings. The third-order valence-corrected chi connectivity index (χ3v) is 3.44. The van der Waals surface area contributed by atoms with Gasteiger partial charge >= 0.3 is 5.97 Å². The van der Waals surface area contributed by atoms with Gasteiger partial charge in [0.25, 0.3) is 0 Å². The maximum absolute atomic E-state index is 10.7. The van der Waals surface area contributed by atoms with Gasteiger partial charge in [0.1, 0.15) is 12.0 Å². The van der Waals surface area contributed by atoms with Gasteiger partial charge < -0.3 is 9.52 Å². The Bertz CT molecular complexity index is 364. The van der Waals surface area contributed by atoms with Crippen molar-refractivity contribution in [2.45, 2.75) is 25.9 Å². The van der Waals surface area contributed by atoms with Crippen LogP contribution in [0.25, 0.3) is 0 Å². The fourth-order valence-corrected chi connectivity index (χ4v) is 2.06. The molecule has 1 atom stereocenters. The molecule has 1 aromatic heterocycles. The SMILES string of the molecule is CSCCC(C)N(C)Cc1cc(C(=O)O)co1. The zero-order valence-corrected chi connectivity index (χ0v) is 11.3. The summed E-state index contributed by atoms with van der Waals surface area (Å²) in [5.41, 5.74) is 0.213. The highest BCUT2D eigenvalue weighted by molar-refractivity contribution is 7.98. The lowest BCUT2D eigenvalue weighted by Gasteiger charge is -2.23. The van der Waals surface area contributed by atoms with E-state index in [-0.39, 0.29) is 5.56 Å². The summed E-state index contributed by atoms with van der Waals surface area (Å²) in [6, 6.07) is 2.04. The molecule has 0 spiro atoms. The summed E-state index contributed by atoms with van der Waals surface area (Å²) >= 11 is 1.83. The Hall–Kier alpha value is -0.940. The lowest BCUT2D eigenvalue weighted by atomic mass is 10.2. The van der Waals surface area contributed by atoms with E-state index >= 15 is 0 Å². The van der Waals surface area contributed by atoms with E-state index in [2.05, 4.69) is 18.1 Å². The van der Waals surface area contributed by atoms with Crippen LogP contribution < -0.4 is 0 Å². The first-order chi connectivity index (χ1) is 8.04. The molecule has 17 heavy (non-hydrogen) atoms. The first-order valence-corrected chi connectivity index (χ1v) is 6.94. The quantitative estimate of drug-likeness (QED) is 0.813. The van der Waals surface area contributed by atoms with Crippen LogP contribution in [-0.4, -0.2) is 41.1 Å². The van der Waals surface area contributed by atoms with E-state index in [9.17, 15) is 4.79 Å². The number of thioether (sulfide) groups is 1. The van der Waals surface area contributed by atoms with E-state index in [1.165, 1.54) is 6.26 Å². The monoisotopic (exact) mass is 257 g/mol. The topological polar surface area (TPSA) is 53.7 Å². The van der Waals surface area contributed by atoms with E-state index in [0.29, 0.717) is 18.3 Å². The third kappa shape index (κ3) is 4.44. The van der Waals surface area contributed by atoms with Crippen molar-refractivity contribution in [2.75, 3.05) is 19.1 Å². The first-order valence-electron chi connectivity index (χ1n) is 5.54. The number of furan rings is 1. The number of hydrogen-bond donors (Lipinski definition) is 1. The Kier molecular flexibility index (Phi) is 5.58. The van der Waals surface area contributed by atoms with Gasteiger partial charge in [-0.3, -0.25) is 4.90 Å². The maximum atomic E-state index is 10.7. The molecular formula is C12H19NO3S. The molecule has 1 unspecified atom stereocenters. The predicted octanol–water partition coefficient (Wildman–Crippen LogP) is 2.55. The second-order valence-corrected chi connectivity index (χ2v) is 5.14. The van der Waals surface area contributed by atoms with Gasteiger partial charge in [0.15, 0.2) is 0 Å². The minimum atomic E-state index is -0.946. The normalized spacial score (nSPS) is 12.9. The Morgan fingerprint density at radius 3 is 2.88 bits per heavy atom. The highest BCUT2D eigenvalue weighted by atomic mass is 32.2. The average molecular weight is 257 g/mol. The standard InChI is InChI=1S/C12H19NO3S/c1-9(4-5-17-3)13(2)7-11-6-10(8-16-11)12(14)15/h6,8-9H,4-5,7H2,1-3H3,(H,14,15). The molecular weight excluding hydrogens is 238 g/mol. The van der Waals surface area contributed by atoms with E-state index in [1.54, 1.807) is 6.07 Å². The number of nitrogens with zero attached hydrogens (tertiary/aromatic N) is 1. The summed E-state index contributed by atoms with van der Waals surface area (Å²) in [5, 5.41) is 8.78. The fourth-order valence-electron chi connectivity index (χ4n) is 1.49. The second kappa shape index (κ2) is 6.71. The van der Waals surface area contributed by atoms with Gasteiger partial charge in [0.05, 0.1) is 12.1 Å². The second-order valence-electron chi connectivity index (χ2n) is 4.15. The smallest absolute Gasteiger partial charge is 0.338 e. The van der Waals surface area contributed by atoms with Gasteiger partial charge in [0.2, 0.25) is 0 Å². The largest absolute Gasteiger partial charge is 0.478 e. The number of rotatable bonds is 7. The lowest BCUT2D eigenvalue weighted by Crippen LogP contribution is -2.28. The summed E-state index contributed by atoms with van der Waals surface area (Å²) in [4.78, 5) is 12.9. The van der Waals surface area contributed by atoms with Crippen molar-refractivity contribution in [1.82, 2.24) is 4.90 Å². The zero-order valence-electron chi connectivity index (χ0n) is 10.5. The van der Waals surface area contributed by atoms with Crippen LogP contribution in [0.4, 0.5) is 0 Å². The van der Waals surface area contributed by atoms with Crippen molar-refractivity contribution >= 4 is 17.7 Å². The first kappa shape index (κ1) is 14.1. The van der Waals surface area contributed by atoms with Crippen molar-refractivity contribution in [3.05, 3.63) is 23.7 Å². The molecule has 0 radical (unpaired) electrons. The van der Waals surface area contributed by atoms with Gasteiger partial charge in [-0.2, -0.15) is 11.8 Å². The highest BCUT2D eigenvalue weighted by Gasteiger charge is 2.13. The highest BCUT2D eigenvalue weighted by Crippen LogP contribution is 2.13. The van der Waals surface area contributed by atoms with Crippen molar-refractivity contribution in [3.8, 4) is 0 Å². The zero-order chi connectivity index (χ0) is 12.8. The Morgan fingerprint density at radius 2 is 2.35 bits per heavy atom. The molecule has 0 aromatic carbocycles. The fraction of sp³-hybridized carbons (Fsp3) is 0.583. The van der Waals surface area contributed by atoms with Gasteiger partial charge in [-0.1, -0.05) is 0 Å². The van der Waals surface area contributed by atoms with Gasteiger partial charge in [-0.15, -0.1) is 0 Å². The summed E-state index contributed by atoms with van der Waals surface area (Å²) in [6.07, 6.45) is 4.50. The summed E-state index contributed by atoms with van der Waals surface area (Å²) in [7, 11) is 2.02. The van der Waals surface area contributed by atoms with Crippen molar-refractivity contribution in [2.24, 2.45) is 0 Å². The molecule has 0 aliphatic heterocycles. The molecule has 0 bridgehead atoms. The van der Waals surface area contributed by atoms with E-state index < -0.39 is 5.97 Å². The Morgan fingerprint density at radius 1 is 1.65 bits per heavy atom. The molecule has 96 valence electrons. The average Bonchev–Trinajstić information content (AvgIpc) is 2.74. The lowest BCUT2D eigenvalue weighted by molar-refractivity contribution is 0.0696. The number of hydrogen-bond acceptors (Lipinski definition) is 4. The van der Waals surface area contributed by atoms with Crippen LogP contribution in [0.2, 0.25) is 0 Å². The molecule has 0 fully saturated rings. The van der Waals surface area contributed by atoms with Gasteiger partial charge in [0, 0.05) is 6.04 Å². The van der Waals surface area contributed by atoms with Crippen molar-refractivity contribution in [1.29, 1.82) is 0 Å². The Labute approximate surface area is 106 Å². The Balaban J connectivity index is 2.49. The molecule has 1 N–H and O–H groups in total. The summed E-state index contributed by atoms with van der Waals surface area (Å²) < 4.78 is 5.22. The molecule has 4 nitrogen and oxygen atoms in total. The summed E-state index contributed by atoms with van der Waals surface area (Å²) in [5.74, 6) is 0.878. The molecule has 5 heteroatoms. The molecule has 0 saturated carbocycles. The molecule has 0 amide bonds. The van der Waals surface area contributed by atoms with Crippen LogP contribution in [0.3, 0.4) is 0 Å². The number of aromatic carboxylic acids is 1. The van der Waals surface area contributed by atoms with E-state index in [1.807, 2.05) is 18.8 Å². The van der Waals surface area contributed by atoms with Crippen LogP contribution in [0.5, 0.6) is 0 Å². The molecule has 0 saturated heterocycles. The number of carbonyl (C=O) groups is 1. The van der Waals surface area contributed by atoms with Crippen molar-refractivity contribution in [3.63, 3.8) is 0 Å². The maximum Gasteiger partial charge on any atom is 0.338 e. The minimum Gasteiger partial charge on any atom is -0.478 e. The third-order valence-electron chi connectivity index (χ3n) is 2.80. The predicted molar refractivity (Wildman–Crippen MR) is 69.6 cm³/mol. The number of carboxylic acids is 1. The minimum absolute atomic E-state index is 0.213. The molecule has 1 rings (SSSR count). The van der Waals surface area contributed by atoms with Gasteiger partial charge in [-0.05, 0) is 38.5 Å². The van der Waals surface area contributed by atoms with Crippen LogP contribution in [0.15, 0.2) is 16.7 Å². The van der Waals surface area contributed by atoms with Crippen LogP contribution >= 0.6 is 11.8 Å². The molecule has 0 aliphatic carbocycles. The van der Waals surface area contributed by atoms with Crippen LogP contribution in [0.1, 0.15) is 29.5 Å². The van der Waals surface area contributed by atoms with Crippen LogP contribution in [-0.2, 0) is 6.54 Å². The van der Waals surface area contributed by atoms with Gasteiger partial charge in [-0.25, -0.2) is 4.79 Å². The summed E-state index contributed by atoms with van der Waals surface area (Å²) in [6.45, 7) is 2.81.